The molecule has 1 aromatic rings. The Morgan fingerprint density at radius 1 is 1.67 bits per heavy atom. The van der Waals surface area contributed by atoms with E-state index >= 15 is 0 Å². The molecule has 1 aromatic heterocycles. The average Bonchev–Trinajstić information content (AvgIpc) is 2.44. The molecule has 1 saturated heterocycles. The Balaban J connectivity index is 0.00000112. The largest absolute Gasteiger partial charge is 0.351 e. The summed E-state index contributed by atoms with van der Waals surface area (Å²) in [6.45, 7) is 4.41. The van der Waals surface area contributed by atoms with Gasteiger partial charge in [0, 0.05) is 18.0 Å². The molecule has 2 N–H and O–H groups in total. The van der Waals surface area contributed by atoms with E-state index in [4.69, 9.17) is 0 Å². The van der Waals surface area contributed by atoms with Crippen LogP contribution >= 0.6 is 23.7 Å². The van der Waals surface area contributed by atoms with E-state index in [1.807, 2.05) is 0 Å². The second-order valence-corrected chi connectivity index (χ2v) is 4.60. The van der Waals surface area contributed by atoms with Crippen molar-refractivity contribution >= 4 is 29.7 Å². The molecular weight excluding hydrogens is 232 g/mol. The molecule has 2 rings (SSSR count). The normalized spacial score (nSPS) is 15.3. The molecule has 15 heavy (non-hydrogen) atoms. The van der Waals surface area contributed by atoms with Crippen molar-refractivity contribution in [3.8, 4) is 0 Å². The SMILES string of the molecule is Cc1ccsc1CNC(=O)C1CNC1.Cl. The predicted octanol–water partition coefficient (Wildman–Crippen LogP) is 1.31. The van der Waals surface area contributed by atoms with Crippen LogP contribution in [0.25, 0.3) is 0 Å². The summed E-state index contributed by atoms with van der Waals surface area (Å²) < 4.78 is 0. The number of thiophene rings is 1. The fraction of sp³-hybridized carbons (Fsp3) is 0.500. The maximum absolute atomic E-state index is 11.5. The maximum atomic E-state index is 11.5. The number of aryl methyl sites for hydroxylation is 1. The van der Waals surface area contributed by atoms with E-state index in [9.17, 15) is 4.79 Å². The van der Waals surface area contributed by atoms with Crippen LogP contribution in [-0.2, 0) is 11.3 Å². The maximum Gasteiger partial charge on any atom is 0.225 e. The van der Waals surface area contributed by atoms with Crippen LogP contribution in [0.2, 0.25) is 0 Å². The van der Waals surface area contributed by atoms with Crippen molar-refractivity contribution in [1.29, 1.82) is 0 Å². The van der Waals surface area contributed by atoms with Crippen molar-refractivity contribution in [2.45, 2.75) is 13.5 Å². The summed E-state index contributed by atoms with van der Waals surface area (Å²) in [4.78, 5) is 12.7. The minimum Gasteiger partial charge on any atom is -0.351 e. The molecule has 0 aliphatic carbocycles. The van der Waals surface area contributed by atoms with Gasteiger partial charge in [0.25, 0.3) is 0 Å². The van der Waals surface area contributed by atoms with Gasteiger partial charge in [-0.1, -0.05) is 0 Å². The van der Waals surface area contributed by atoms with Gasteiger partial charge in [-0.25, -0.2) is 0 Å². The molecule has 2 heterocycles. The van der Waals surface area contributed by atoms with Crippen LogP contribution in [0.15, 0.2) is 11.4 Å². The molecule has 0 spiro atoms. The summed E-state index contributed by atoms with van der Waals surface area (Å²) in [5.41, 5.74) is 1.27. The van der Waals surface area contributed by atoms with Gasteiger partial charge in [0.05, 0.1) is 12.5 Å². The number of amides is 1. The van der Waals surface area contributed by atoms with Gasteiger partial charge in [0.1, 0.15) is 0 Å². The van der Waals surface area contributed by atoms with Gasteiger partial charge in [-0.05, 0) is 23.9 Å². The van der Waals surface area contributed by atoms with E-state index in [0.717, 1.165) is 13.1 Å². The third-order valence-corrected chi connectivity index (χ3v) is 3.57. The van der Waals surface area contributed by atoms with Gasteiger partial charge in [-0.2, -0.15) is 0 Å². The Hall–Kier alpha value is -0.580. The van der Waals surface area contributed by atoms with E-state index in [2.05, 4.69) is 29.0 Å². The van der Waals surface area contributed by atoms with Gasteiger partial charge in [-0.15, -0.1) is 23.7 Å². The van der Waals surface area contributed by atoms with Crippen molar-refractivity contribution in [2.24, 2.45) is 5.92 Å². The molecular formula is C10H15ClN2OS. The molecule has 0 radical (unpaired) electrons. The highest BCUT2D eigenvalue weighted by atomic mass is 35.5. The van der Waals surface area contributed by atoms with Crippen molar-refractivity contribution < 1.29 is 4.79 Å². The van der Waals surface area contributed by atoms with E-state index in [1.165, 1.54) is 10.4 Å². The summed E-state index contributed by atoms with van der Waals surface area (Å²) in [5, 5.41) is 8.11. The molecule has 3 nitrogen and oxygen atoms in total. The van der Waals surface area contributed by atoms with E-state index in [1.54, 1.807) is 11.3 Å². The Morgan fingerprint density at radius 2 is 2.40 bits per heavy atom. The van der Waals surface area contributed by atoms with Gasteiger partial charge in [0.2, 0.25) is 5.91 Å². The zero-order valence-electron chi connectivity index (χ0n) is 8.58. The minimum atomic E-state index is 0. The van der Waals surface area contributed by atoms with Gasteiger partial charge in [0.15, 0.2) is 0 Å². The molecule has 5 heteroatoms. The van der Waals surface area contributed by atoms with Gasteiger partial charge >= 0.3 is 0 Å². The number of rotatable bonds is 3. The Labute approximate surface area is 99.7 Å². The quantitative estimate of drug-likeness (QED) is 0.845. The standard InChI is InChI=1S/C10H14N2OS.ClH/c1-7-2-3-14-9(7)6-12-10(13)8-4-11-5-8;/h2-3,8,11H,4-6H2,1H3,(H,12,13);1H. The first kappa shape index (κ1) is 12.5. The summed E-state index contributed by atoms with van der Waals surface area (Å²) in [5.74, 6) is 0.367. The number of carbonyl (C=O) groups is 1. The van der Waals surface area contributed by atoms with Crippen LogP contribution in [0.5, 0.6) is 0 Å². The van der Waals surface area contributed by atoms with E-state index < -0.39 is 0 Å². The Bertz CT molecular complexity index is 336. The van der Waals surface area contributed by atoms with Crippen LogP contribution in [0.3, 0.4) is 0 Å². The van der Waals surface area contributed by atoms with Crippen LogP contribution in [0.1, 0.15) is 10.4 Å². The number of hydrogen-bond acceptors (Lipinski definition) is 3. The molecule has 0 atom stereocenters. The first-order chi connectivity index (χ1) is 6.77. The van der Waals surface area contributed by atoms with Crippen LogP contribution in [-0.4, -0.2) is 19.0 Å². The Morgan fingerprint density at radius 3 is 2.87 bits per heavy atom. The molecule has 1 fully saturated rings. The lowest BCUT2D eigenvalue weighted by Crippen LogP contribution is -2.50. The topological polar surface area (TPSA) is 41.1 Å². The van der Waals surface area contributed by atoms with Crippen molar-refractivity contribution in [1.82, 2.24) is 10.6 Å². The zero-order chi connectivity index (χ0) is 9.97. The summed E-state index contributed by atoms with van der Waals surface area (Å²) >= 11 is 1.70. The fourth-order valence-corrected chi connectivity index (χ4v) is 2.22. The smallest absolute Gasteiger partial charge is 0.225 e. The lowest BCUT2D eigenvalue weighted by atomic mass is 10.0. The summed E-state index contributed by atoms with van der Waals surface area (Å²) in [6, 6.07) is 2.08. The fourth-order valence-electron chi connectivity index (χ4n) is 1.37. The van der Waals surface area contributed by atoms with Crippen molar-refractivity contribution in [3.63, 3.8) is 0 Å². The molecule has 1 aliphatic heterocycles. The summed E-state index contributed by atoms with van der Waals surface area (Å²) in [6.07, 6.45) is 0. The lowest BCUT2D eigenvalue weighted by molar-refractivity contribution is -0.126. The highest BCUT2D eigenvalue weighted by Gasteiger charge is 2.24. The predicted molar refractivity (Wildman–Crippen MR) is 64.5 cm³/mol. The molecule has 0 unspecified atom stereocenters. The monoisotopic (exact) mass is 246 g/mol. The second-order valence-electron chi connectivity index (χ2n) is 3.60. The molecule has 1 amide bonds. The van der Waals surface area contributed by atoms with Gasteiger partial charge in [-0.3, -0.25) is 4.79 Å². The van der Waals surface area contributed by atoms with Gasteiger partial charge < -0.3 is 10.6 Å². The molecule has 84 valence electrons. The number of carbonyl (C=O) groups excluding carboxylic acids is 1. The third kappa shape index (κ3) is 2.93. The number of halogens is 1. The number of hydrogen-bond donors (Lipinski definition) is 2. The summed E-state index contributed by atoms with van der Waals surface area (Å²) in [7, 11) is 0. The average molecular weight is 247 g/mol. The van der Waals surface area contributed by atoms with Crippen LogP contribution in [0, 0.1) is 12.8 Å². The van der Waals surface area contributed by atoms with Crippen LogP contribution < -0.4 is 10.6 Å². The first-order valence-electron chi connectivity index (χ1n) is 4.79. The zero-order valence-corrected chi connectivity index (χ0v) is 10.2. The van der Waals surface area contributed by atoms with E-state index in [-0.39, 0.29) is 24.2 Å². The third-order valence-electron chi connectivity index (χ3n) is 2.54. The highest BCUT2D eigenvalue weighted by Crippen LogP contribution is 2.15. The molecule has 1 aliphatic rings. The highest BCUT2D eigenvalue weighted by molar-refractivity contribution is 7.10. The number of nitrogens with one attached hydrogen (secondary N) is 2. The van der Waals surface area contributed by atoms with E-state index in [0.29, 0.717) is 6.54 Å². The molecule has 0 saturated carbocycles. The Kier molecular flexibility index (Phi) is 4.57. The second kappa shape index (κ2) is 5.49. The minimum absolute atomic E-state index is 0. The van der Waals surface area contributed by atoms with Crippen molar-refractivity contribution in [3.05, 3.63) is 21.9 Å². The lowest BCUT2D eigenvalue weighted by Gasteiger charge is -2.25. The molecule has 0 bridgehead atoms. The molecule has 0 aromatic carbocycles. The van der Waals surface area contributed by atoms with Crippen LogP contribution in [0.4, 0.5) is 0 Å². The van der Waals surface area contributed by atoms with Crippen molar-refractivity contribution in [2.75, 3.05) is 13.1 Å². The first-order valence-corrected chi connectivity index (χ1v) is 5.66.